The van der Waals surface area contributed by atoms with Crippen molar-refractivity contribution in [3.8, 4) is 5.75 Å². The van der Waals surface area contributed by atoms with Crippen LogP contribution in [-0.4, -0.2) is 19.6 Å². The van der Waals surface area contributed by atoms with Gasteiger partial charge in [0.15, 0.2) is 0 Å². The molecule has 0 aliphatic carbocycles. The minimum absolute atomic E-state index is 0.261. The van der Waals surface area contributed by atoms with Gasteiger partial charge >= 0.3 is 6.36 Å². The van der Waals surface area contributed by atoms with E-state index in [0.717, 1.165) is 5.56 Å². The molecule has 1 aromatic rings. The van der Waals surface area contributed by atoms with E-state index in [2.05, 4.69) is 21.6 Å². The minimum Gasteiger partial charge on any atom is -0.406 e. The molecule has 21 heavy (non-hydrogen) atoms. The first kappa shape index (κ1) is 16.6. The number of benzene rings is 1. The maximum atomic E-state index is 12.0. The first-order valence-electron chi connectivity index (χ1n) is 5.97. The second-order valence-electron chi connectivity index (χ2n) is 4.05. The summed E-state index contributed by atoms with van der Waals surface area (Å²) in [4.78, 5) is 3.76. The quantitative estimate of drug-likeness (QED) is 0.627. The van der Waals surface area contributed by atoms with Crippen molar-refractivity contribution in [3.05, 3.63) is 53.9 Å². The third kappa shape index (κ3) is 6.51. The molecule has 0 atom stereocenters. The van der Waals surface area contributed by atoms with Crippen LogP contribution in [0.3, 0.4) is 0 Å². The number of hydrogen-bond donors (Lipinski definition) is 2. The number of allylic oxidation sites excluding steroid dienone is 1. The maximum absolute atomic E-state index is 12.0. The minimum atomic E-state index is -4.69. The summed E-state index contributed by atoms with van der Waals surface area (Å²) in [6, 6.07) is 5.54. The lowest BCUT2D eigenvalue weighted by atomic mass is 10.2. The highest BCUT2D eigenvalue weighted by Gasteiger charge is 2.30. The Balaban J connectivity index is 2.55. The molecule has 0 aromatic heterocycles. The summed E-state index contributed by atoms with van der Waals surface area (Å²) in [5, 5.41) is 2.96. The van der Waals surface area contributed by atoms with Crippen molar-refractivity contribution in [2.24, 2.45) is 10.7 Å². The molecule has 0 unspecified atom stereocenters. The molecule has 0 aliphatic heterocycles. The standard InChI is InChI=1S/C14H16F3N3O/c1-10(13(18)7-8-19-2)20-9-11-3-5-12(6-4-11)21-14(15,16)17/h3-8,20H,1,9,18H2,2H3/b13-7+,19-8?. The van der Waals surface area contributed by atoms with Crippen LogP contribution in [0.2, 0.25) is 0 Å². The zero-order valence-electron chi connectivity index (χ0n) is 11.4. The molecule has 0 radical (unpaired) electrons. The van der Waals surface area contributed by atoms with Crippen molar-refractivity contribution in [3.63, 3.8) is 0 Å². The van der Waals surface area contributed by atoms with E-state index in [-0.39, 0.29) is 5.75 Å². The van der Waals surface area contributed by atoms with E-state index < -0.39 is 6.36 Å². The Bertz CT molecular complexity index is 533. The molecule has 0 spiro atoms. The molecule has 0 heterocycles. The van der Waals surface area contributed by atoms with Crippen LogP contribution in [0, 0.1) is 0 Å². The molecule has 0 fully saturated rings. The van der Waals surface area contributed by atoms with Crippen molar-refractivity contribution in [1.29, 1.82) is 0 Å². The molecule has 1 rings (SSSR count). The van der Waals surface area contributed by atoms with E-state index >= 15 is 0 Å². The number of aliphatic imine (C=N–C) groups is 1. The van der Waals surface area contributed by atoms with Gasteiger partial charge in [-0.05, 0) is 23.8 Å². The normalized spacial score (nSPS) is 12.5. The van der Waals surface area contributed by atoms with Gasteiger partial charge in [-0.1, -0.05) is 18.7 Å². The van der Waals surface area contributed by atoms with Crippen molar-refractivity contribution in [2.45, 2.75) is 12.9 Å². The second kappa shape index (κ2) is 7.37. The van der Waals surface area contributed by atoms with Crippen LogP contribution in [0.5, 0.6) is 5.75 Å². The van der Waals surface area contributed by atoms with Gasteiger partial charge in [0.2, 0.25) is 0 Å². The zero-order chi connectivity index (χ0) is 15.9. The monoisotopic (exact) mass is 299 g/mol. The topological polar surface area (TPSA) is 59.6 Å². The Labute approximate surface area is 120 Å². The lowest BCUT2D eigenvalue weighted by molar-refractivity contribution is -0.274. The highest BCUT2D eigenvalue weighted by molar-refractivity contribution is 5.72. The molecule has 3 N–H and O–H groups in total. The Kier molecular flexibility index (Phi) is 5.83. The van der Waals surface area contributed by atoms with E-state index in [1.165, 1.54) is 30.5 Å². The van der Waals surface area contributed by atoms with Gasteiger partial charge in [-0.3, -0.25) is 4.99 Å². The fourth-order valence-electron chi connectivity index (χ4n) is 1.38. The van der Waals surface area contributed by atoms with Gasteiger partial charge in [-0.15, -0.1) is 13.2 Å². The number of nitrogens with two attached hydrogens (primary N) is 1. The fourth-order valence-corrected chi connectivity index (χ4v) is 1.38. The number of nitrogens with one attached hydrogen (secondary N) is 1. The van der Waals surface area contributed by atoms with Gasteiger partial charge in [0.25, 0.3) is 0 Å². The van der Waals surface area contributed by atoms with Crippen LogP contribution < -0.4 is 15.8 Å². The van der Waals surface area contributed by atoms with Crippen molar-refractivity contribution in [1.82, 2.24) is 5.32 Å². The summed E-state index contributed by atoms with van der Waals surface area (Å²) >= 11 is 0. The first-order valence-corrected chi connectivity index (χ1v) is 5.97. The number of alkyl halides is 3. The van der Waals surface area contributed by atoms with Gasteiger partial charge < -0.3 is 15.8 Å². The van der Waals surface area contributed by atoms with Crippen LogP contribution in [-0.2, 0) is 6.54 Å². The third-order valence-electron chi connectivity index (χ3n) is 2.41. The fraction of sp³-hybridized carbons (Fsp3) is 0.214. The SMILES string of the molecule is C=C(NCc1ccc(OC(F)(F)F)cc1)/C(N)=C\C=NC. The number of halogens is 3. The third-order valence-corrected chi connectivity index (χ3v) is 2.41. The molecule has 1 aromatic carbocycles. The average Bonchev–Trinajstić information content (AvgIpc) is 2.42. The molecule has 114 valence electrons. The van der Waals surface area contributed by atoms with E-state index in [1.54, 1.807) is 13.1 Å². The Morgan fingerprint density at radius 1 is 1.38 bits per heavy atom. The van der Waals surface area contributed by atoms with Crippen molar-refractivity contribution in [2.75, 3.05) is 7.05 Å². The van der Waals surface area contributed by atoms with Crippen LogP contribution in [0.4, 0.5) is 13.2 Å². The smallest absolute Gasteiger partial charge is 0.406 e. The second-order valence-corrected chi connectivity index (χ2v) is 4.05. The van der Waals surface area contributed by atoms with Crippen LogP contribution in [0.1, 0.15) is 5.56 Å². The summed E-state index contributed by atoms with van der Waals surface area (Å²) in [6.07, 6.45) is -1.56. The summed E-state index contributed by atoms with van der Waals surface area (Å²) in [6.45, 7) is 4.13. The number of nitrogens with zero attached hydrogens (tertiary/aromatic N) is 1. The maximum Gasteiger partial charge on any atom is 0.573 e. The Hall–Kier alpha value is -2.44. The highest BCUT2D eigenvalue weighted by Crippen LogP contribution is 2.22. The predicted molar refractivity (Wildman–Crippen MR) is 75.8 cm³/mol. The zero-order valence-corrected chi connectivity index (χ0v) is 11.4. The molecule has 0 bridgehead atoms. The lowest BCUT2D eigenvalue weighted by Crippen LogP contribution is -2.18. The summed E-state index contributed by atoms with van der Waals surface area (Å²) < 4.78 is 39.8. The molecule has 0 saturated carbocycles. The van der Waals surface area contributed by atoms with Gasteiger partial charge in [0.1, 0.15) is 5.75 Å². The van der Waals surface area contributed by atoms with Crippen molar-refractivity contribution >= 4 is 6.21 Å². The Morgan fingerprint density at radius 2 is 2.00 bits per heavy atom. The van der Waals surface area contributed by atoms with Crippen LogP contribution in [0.15, 0.2) is 53.3 Å². The van der Waals surface area contributed by atoms with Crippen molar-refractivity contribution < 1.29 is 17.9 Å². The lowest BCUT2D eigenvalue weighted by Gasteiger charge is -2.11. The van der Waals surface area contributed by atoms with Crippen LogP contribution in [0.25, 0.3) is 0 Å². The summed E-state index contributed by atoms with van der Waals surface area (Å²) in [5.74, 6) is -0.261. The predicted octanol–water partition coefficient (Wildman–Crippen LogP) is 2.73. The molecule has 4 nitrogen and oxygen atoms in total. The molecule has 0 aliphatic rings. The van der Waals surface area contributed by atoms with Gasteiger partial charge in [-0.25, -0.2) is 0 Å². The van der Waals surface area contributed by atoms with E-state index in [0.29, 0.717) is 17.9 Å². The van der Waals surface area contributed by atoms with Gasteiger partial charge in [-0.2, -0.15) is 0 Å². The summed E-state index contributed by atoms with van der Waals surface area (Å²) in [5.41, 5.74) is 7.42. The molecular formula is C14H16F3N3O. The highest BCUT2D eigenvalue weighted by atomic mass is 19.4. The van der Waals surface area contributed by atoms with Crippen LogP contribution >= 0.6 is 0 Å². The molecular weight excluding hydrogens is 283 g/mol. The number of ether oxygens (including phenoxy) is 1. The average molecular weight is 299 g/mol. The Morgan fingerprint density at radius 3 is 2.52 bits per heavy atom. The molecule has 0 amide bonds. The van der Waals surface area contributed by atoms with E-state index in [9.17, 15) is 13.2 Å². The number of hydrogen-bond acceptors (Lipinski definition) is 4. The van der Waals surface area contributed by atoms with Gasteiger partial charge in [0.05, 0.1) is 11.4 Å². The largest absolute Gasteiger partial charge is 0.573 e. The molecule has 7 heteroatoms. The first-order chi connectivity index (χ1) is 9.81. The number of rotatable bonds is 6. The van der Waals surface area contributed by atoms with E-state index in [4.69, 9.17) is 5.73 Å². The van der Waals surface area contributed by atoms with Gasteiger partial charge in [0, 0.05) is 19.8 Å². The van der Waals surface area contributed by atoms with E-state index in [1.807, 2.05) is 0 Å². The molecule has 0 saturated heterocycles. The summed E-state index contributed by atoms with van der Waals surface area (Å²) in [7, 11) is 1.62.